The molecule has 0 atom stereocenters. The van der Waals surface area contributed by atoms with Crippen molar-refractivity contribution in [1.82, 2.24) is 4.98 Å². The Balaban J connectivity index is 2.13. The van der Waals surface area contributed by atoms with Gasteiger partial charge in [-0.05, 0) is 46.6 Å². The SMILES string of the molecule is CCNc1cc(COc2cncc(Br)c2)ccc1[N+](=O)[O-]. The standard InChI is InChI=1S/C14H14BrN3O3/c1-2-17-13-5-10(3-4-14(13)18(19)20)9-21-12-6-11(15)7-16-8-12/h3-8,17H,2,9H2,1H3. The first-order valence-corrected chi connectivity index (χ1v) is 7.14. The molecule has 0 bridgehead atoms. The van der Waals surface area contributed by atoms with Gasteiger partial charge >= 0.3 is 0 Å². The molecular formula is C14H14BrN3O3. The Morgan fingerprint density at radius 1 is 1.38 bits per heavy atom. The second-order valence-corrected chi connectivity index (χ2v) is 5.18. The smallest absolute Gasteiger partial charge is 0.292 e. The van der Waals surface area contributed by atoms with Gasteiger partial charge in [0.2, 0.25) is 0 Å². The average molecular weight is 352 g/mol. The van der Waals surface area contributed by atoms with Gasteiger partial charge in [0, 0.05) is 23.3 Å². The lowest BCUT2D eigenvalue weighted by Gasteiger charge is -2.09. The van der Waals surface area contributed by atoms with Crippen LogP contribution in [0.5, 0.6) is 5.75 Å². The van der Waals surface area contributed by atoms with Crippen LogP contribution in [-0.4, -0.2) is 16.5 Å². The van der Waals surface area contributed by atoms with Crippen LogP contribution in [0, 0.1) is 10.1 Å². The Morgan fingerprint density at radius 2 is 2.19 bits per heavy atom. The van der Waals surface area contributed by atoms with Crippen molar-refractivity contribution < 1.29 is 9.66 Å². The van der Waals surface area contributed by atoms with E-state index in [0.29, 0.717) is 24.6 Å². The third kappa shape index (κ3) is 4.16. The average Bonchev–Trinajstić information content (AvgIpc) is 2.45. The van der Waals surface area contributed by atoms with Gasteiger partial charge in [-0.15, -0.1) is 0 Å². The maximum atomic E-state index is 10.9. The van der Waals surface area contributed by atoms with Crippen LogP contribution in [0.2, 0.25) is 0 Å². The molecule has 0 saturated carbocycles. The molecule has 2 rings (SSSR count). The highest BCUT2D eigenvalue weighted by molar-refractivity contribution is 9.10. The molecule has 110 valence electrons. The number of nitrogens with zero attached hydrogens (tertiary/aromatic N) is 2. The minimum atomic E-state index is -0.402. The van der Waals surface area contributed by atoms with Crippen molar-refractivity contribution in [2.45, 2.75) is 13.5 Å². The molecule has 0 amide bonds. The molecule has 0 spiro atoms. The summed E-state index contributed by atoms with van der Waals surface area (Å²) in [5.41, 5.74) is 1.40. The normalized spacial score (nSPS) is 10.2. The number of pyridine rings is 1. The molecule has 0 radical (unpaired) electrons. The molecule has 2 aromatic rings. The number of nitro groups is 1. The van der Waals surface area contributed by atoms with Gasteiger partial charge in [0.05, 0.1) is 11.1 Å². The van der Waals surface area contributed by atoms with Crippen LogP contribution >= 0.6 is 15.9 Å². The number of ether oxygens (including phenoxy) is 1. The van der Waals surface area contributed by atoms with Crippen LogP contribution in [0.15, 0.2) is 41.1 Å². The second kappa shape index (κ2) is 7.03. The minimum Gasteiger partial charge on any atom is -0.487 e. The van der Waals surface area contributed by atoms with Gasteiger partial charge in [-0.3, -0.25) is 15.1 Å². The zero-order valence-corrected chi connectivity index (χ0v) is 13.0. The van der Waals surface area contributed by atoms with Gasteiger partial charge in [0.25, 0.3) is 5.69 Å². The van der Waals surface area contributed by atoms with Gasteiger partial charge in [-0.1, -0.05) is 0 Å². The predicted molar refractivity (Wildman–Crippen MR) is 83.5 cm³/mol. The molecule has 1 aromatic carbocycles. The highest BCUT2D eigenvalue weighted by Crippen LogP contribution is 2.26. The lowest BCUT2D eigenvalue weighted by atomic mass is 10.2. The summed E-state index contributed by atoms with van der Waals surface area (Å²) >= 11 is 3.32. The van der Waals surface area contributed by atoms with Crippen molar-refractivity contribution in [1.29, 1.82) is 0 Å². The fraction of sp³-hybridized carbons (Fsp3) is 0.214. The second-order valence-electron chi connectivity index (χ2n) is 4.27. The van der Waals surface area contributed by atoms with Gasteiger partial charge in [-0.25, -0.2) is 0 Å². The molecule has 0 fully saturated rings. The summed E-state index contributed by atoms with van der Waals surface area (Å²) in [5, 5.41) is 13.9. The van der Waals surface area contributed by atoms with Crippen LogP contribution in [0.3, 0.4) is 0 Å². The number of aromatic nitrogens is 1. The van der Waals surface area contributed by atoms with Crippen LogP contribution in [0.4, 0.5) is 11.4 Å². The number of benzene rings is 1. The van der Waals surface area contributed by atoms with Crippen molar-refractivity contribution in [2.24, 2.45) is 0 Å². The summed E-state index contributed by atoms with van der Waals surface area (Å²) in [4.78, 5) is 14.6. The molecule has 0 aliphatic heterocycles. The molecule has 6 nitrogen and oxygen atoms in total. The summed E-state index contributed by atoms with van der Waals surface area (Å²) < 4.78 is 6.45. The highest BCUT2D eigenvalue weighted by Gasteiger charge is 2.13. The summed E-state index contributed by atoms with van der Waals surface area (Å²) in [7, 11) is 0. The maximum absolute atomic E-state index is 10.9. The lowest BCUT2D eigenvalue weighted by Crippen LogP contribution is -2.03. The van der Waals surface area contributed by atoms with Crippen molar-refractivity contribution >= 4 is 27.3 Å². The Morgan fingerprint density at radius 3 is 2.86 bits per heavy atom. The first kappa shape index (κ1) is 15.2. The zero-order valence-electron chi connectivity index (χ0n) is 11.4. The Bertz CT molecular complexity index is 649. The van der Waals surface area contributed by atoms with Gasteiger partial charge in [0.1, 0.15) is 18.0 Å². The number of anilines is 1. The third-order valence-electron chi connectivity index (χ3n) is 2.71. The topological polar surface area (TPSA) is 77.3 Å². The third-order valence-corrected chi connectivity index (χ3v) is 3.14. The summed E-state index contributed by atoms with van der Waals surface area (Å²) in [6, 6.07) is 6.71. The quantitative estimate of drug-likeness (QED) is 0.633. The van der Waals surface area contributed by atoms with Crippen LogP contribution < -0.4 is 10.1 Å². The lowest BCUT2D eigenvalue weighted by molar-refractivity contribution is -0.384. The molecule has 1 heterocycles. The van der Waals surface area contributed by atoms with Crippen molar-refractivity contribution in [3.05, 3.63) is 56.8 Å². The number of rotatable bonds is 6. The first-order valence-electron chi connectivity index (χ1n) is 6.34. The highest BCUT2D eigenvalue weighted by atomic mass is 79.9. The Kier molecular flexibility index (Phi) is 5.10. The largest absolute Gasteiger partial charge is 0.487 e. The Hall–Kier alpha value is -2.15. The van der Waals surface area contributed by atoms with Crippen LogP contribution in [0.1, 0.15) is 12.5 Å². The number of hydrogen-bond acceptors (Lipinski definition) is 5. The predicted octanol–water partition coefficient (Wildman–Crippen LogP) is 3.76. The van der Waals surface area contributed by atoms with Gasteiger partial charge < -0.3 is 10.1 Å². The molecule has 7 heteroatoms. The number of nitrogens with one attached hydrogen (secondary N) is 1. The molecule has 1 N–H and O–H groups in total. The molecule has 0 aliphatic carbocycles. The zero-order chi connectivity index (χ0) is 15.2. The summed E-state index contributed by atoms with van der Waals surface area (Å²) in [5.74, 6) is 0.632. The number of nitro benzene ring substituents is 1. The molecule has 0 saturated heterocycles. The maximum Gasteiger partial charge on any atom is 0.292 e. The molecular weight excluding hydrogens is 338 g/mol. The van der Waals surface area contributed by atoms with E-state index in [1.807, 2.05) is 13.0 Å². The van der Waals surface area contributed by atoms with E-state index in [4.69, 9.17) is 4.74 Å². The molecule has 21 heavy (non-hydrogen) atoms. The first-order chi connectivity index (χ1) is 10.1. The molecule has 1 aromatic heterocycles. The minimum absolute atomic E-state index is 0.0599. The van der Waals surface area contributed by atoms with Crippen molar-refractivity contribution in [2.75, 3.05) is 11.9 Å². The Labute approximate surface area is 130 Å². The van der Waals surface area contributed by atoms with E-state index in [0.717, 1.165) is 10.0 Å². The number of hydrogen-bond donors (Lipinski definition) is 1. The van der Waals surface area contributed by atoms with E-state index in [1.165, 1.54) is 6.07 Å². The molecule has 0 unspecified atom stereocenters. The molecule has 0 aliphatic rings. The summed E-state index contributed by atoms with van der Waals surface area (Å²) in [6.07, 6.45) is 3.28. The monoisotopic (exact) mass is 351 g/mol. The fourth-order valence-electron chi connectivity index (χ4n) is 1.80. The van der Waals surface area contributed by atoms with E-state index < -0.39 is 4.92 Å². The fourth-order valence-corrected chi connectivity index (χ4v) is 2.15. The van der Waals surface area contributed by atoms with Crippen molar-refractivity contribution in [3.63, 3.8) is 0 Å². The van der Waals surface area contributed by atoms with E-state index in [2.05, 4.69) is 26.2 Å². The van der Waals surface area contributed by atoms with E-state index in [9.17, 15) is 10.1 Å². The van der Waals surface area contributed by atoms with E-state index in [1.54, 1.807) is 24.5 Å². The van der Waals surface area contributed by atoms with E-state index in [-0.39, 0.29) is 5.69 Å². The number of halogens is 1. The van der Waals surface area contributed by atoms with Gasteiger partial charge in [0.15, 0.2) is 0 Å². The van der Waals surface area contributed by atoms with Crippen LogP contribution in [0.25, 0.3) is 0 Å². The summed E-state index contributed by atoms with van der Waals surface area (Å²) in [6.45, 7) is 2.81. The van der Waals surface area contributed by atoms with Crippen LogP contribution in [-0.2, 0) is 6.61 Å². The van der Waals surface area contributed by atoms with E-state index >= 15 is 0 Å². The van der Waals surface area contributed by atoms with Gasteiger partial charge in [-0.2, -0.15) is 0 Å². The van der Waals surface area contributed by atoms with Crippen molar-refractivity contribution in [3.8, 4) is 5.75 Å².